The highest BCUT2D eigenvalue weighted by Gasteiger charge is 2.37. The molecule has 1 fully saturated rings. The van der Waals surface area contributed by atoms with Gasteiger partial charge in [0, 0.05) is 0 Å². The maximum atomic E-state index is 12.6. The topological polar surface area (TPSA) is 55.8 Å². The summed E-state index contributed by atoms with van der Waals surface area (Å²) in [6, 6.07) is 27.1. The fraction of sp³-hybridized carbons (Fsp3) is 0.0833. The standard InChI is InChI=1S/C24H18NO4/c26-23(29-20-14-8-3-9-15-20)16-21(18-10-4-1-5-11-18)25-22(17-28-24(25)27)19-12-6-2-7-13-19/h1-15,22H,17H2/t22-/m0/s1. The molecule has 1 heterocycles. The molecule has 4 rings (SSSR count). The van der Waals surface area contributed by atoms with Crippen molar-refractivity contribution in [1.82, 2.24) is 4.90 Å². The van der Waals surface area contributed by atoms with Crippen molar-refractivity contribution in [3.05, 3.63) is 108 Å². The van der Waals surface area contributed by atoms with Gasteiger partial charge in [-0.2, -0.15) is 0 Å². The predicted molar refractivity (Wildman–Crippen MR) is 108 cm³/mol. The molecule has 5 heteroatoms. The van der Waals surface area contributed by atoms with Crippen LogP contribution in [0.25, 0.3) is 5.70 Å². The molecule has 3 aromatic rings. The average Bonchev–Trinajstić information content (AvgIpc) is 3.15. The van der Waals surface area contributed by atoms with E-state index in [2.05, 4.69) is 6.08 Å². The molecular formula is C24H18NO4. The summed E-state index contributed by atoms with van der Waals surface area (Å²) in [5, 5.41) is 0. The lowest BCUT2D eigenvalue weighted by Gasteiger charge is -2.24. The highest BCUT2D eigenvalue weighted by Crippen LogP contribution is 2.35. The number of ether oxygens (including phenoxy) is 2. The Balaban J connectivity index is 1.72. The minimum absolute atomic E-state index is 0.189. The number of esters is 1. The molecule has 0 aromatic heterocycles. The van der Waals surface area contributed by atoms with E-state index in [9.17, 15) is 9.59 Å². The second-order valence-electron chi connectivity index (χ2n) is 6.42. The lowest BCUT2D eigenvalue weighted by molar-refractivity contribution is -0.129. The summed E-state index contributed by atoms with van der Waals surface area (Å²) in [5.74, 6) is -0.289. The van der Waals surface area contributed by atoms with E-state index in [4.69, 9.17) is 9.47 Å². The largest absolute Gasteiger partial charge is 0.447 e. The van der Waals surface area contributed by atoms with Gasteiger partial charge in [-0.05, 0) is 23.3 Å². The van der Waals surface area contributed by atoms with E-state index >= 15 is 0 Å². The Labute approximate surface area is 168 Å². The van der Waals surface area contributed by atoms with Gasteiger partial charge in [-0.25, -0.2) is 9.59 Å². The molecule has 1 aliphatic rings. The number of nitrogens with zero attached hydrogens (tertiary/aromatic N) is 1. The lowest BCUT2D eigenvalue weighted by Crippen LogP contribution is -2.27. The summed E-state index contributed by atoms with van der Waals surface area (Å²) >= 11 is 0. The number of hydrogen-bond acceptors (Lipinski definition) is 4. The van der Waals surface area contributed by atoms with Crippen LogP contribution < -0.4 is 4.74 Å². The molecule has 29 heavy (non-hydrogen) atoms. The van der Waals surface area contributed by atoms with E-state index in [0.717, 1.165) is 5.56 Å². The third-order valence-corrected chi connectivity index (χ3v) is 4.52. The van der Waals surface area contributed by atoms with E-state index < -0.39 is 12.1 Å². The Kier molecular flexibility index (Phi) is 5.38. The van der Waals surface area contributed by atoms with Crippen molar-refractivity contribution in [2.45, 2.75) is 6.04 Å². The molecule has 3 aromatic carbocycles. The highest BCUT2D eigenvalue weighted by atomic mass is 16.6. The maximum absolute atomic E-state index is 12.6. The number of rotatable bonds is 5. The third-order valence-electron chi connectivity index (χ3n) is 4.52. The van der Waals surface area contributed by atoms with Gasteiger partial charge in [0.1, 0.15) is 18.4 Å². The van der Waals surface area contributed by atoms with Crippen LogP contribution in [-0.2, 0) is 9.53 Å². The van der Waals surface area contributed by atoms with Gasteiger partial charge in [0.2, 0.25) is 0 Å². The summed E-state index contributed by atoms with van der Waals surface area (Å²) in [7, 11) is 0. The van der Waals surface area contributed by atoms with E-state index in [1.165, 1.54) is 4.90 Å². The molecule has 0 spiro atoms. The quantitative estimate of drug-likeness (QED) is 0.366. The first kappa shape index (κ1) is 18.5. The molecule has 143 valence electrons. The van der Waals surface area contributed by atoms with Crippen molar-refractivity contribution in [2.24, 2.45) is 0 Å². The van der Waals surface area contributed by atoms with Crippen LogP contribution in [0.4, 0.5) is 4.79 Å². The van der Waals surface area contributed by atoms with Crippen LogP contribution >= 0.6 is 0 Å². The zero-order valence-corrected chi connectivity index (χ0v) is 15.5. The maximum Gasteiger partial charge on any atom is 0.415 e. The van der Waals surface area contributed by atoms with E-state index in [-0.39, 0.29) is 12.6 Å². The molecule has 0 unspecified atom stereocenters. The fourth-order valence-corrected chi connectivity index (χ4v) is 3.17. The highest BCUT2D eigenvalue weighted by molar-refractivity contribution is 5.92. The summed E-state index contributed by atoms with van der Waals surface area (Å²) in [6.07, 6.45) is 2.20. The smallest absolute Gasteiger partial charge is 0.415 e. The second kappa shape index (κ2) is 8.44. The van der Waals surface area contributed by atoms with Gasteiger partial charge in [0.25, 0.3) is 0 Å². The first-order chi connectivity index (χ1) is 14.2. The number of amides is 1. The molecule has 0 N–H and O–H groups in total. The molecule has 1 saturated heterocycles. The molecule has 0 aliphatic carbocycles. The number of carbonyl (C=O) groups is 2. The fourth-order valence-electron chi connectivity index (χ4n) is 3.17. The summed E-state index contributed by atoms with van der Waals surface area (Å²) < 4.78 is 10.7. The number of para-hydroxylation sites is 1. The average molecular weight is 384 g/mol. The summed E-state index contributed by atoms with van der Waals surface area (Å²) in [4.78, 5) is 26.6. The normalized spacial score (nSPS) is 16.4. The number of benzene rings is 3. The Hall–Kier alpha value is -3.86. The van der Waals surface area contributed by atoms with Crippen LogP contribution in [-0.4, -0.2) is 23.6 Å². The van der Waals surface area contributed by atoms with Crippen LogP contribution in [0.3, 0.4) is 0 Å². The van der Waals surface area contributed by atoms with Crippen LogP contribution in [0.1, 0.15) is 17.2 Å². The Bertz CT molecular complexity index is 1020. The zero-order valence-electron chi connectivity index (χ0n) is 15.5. The molecule has 0 bridgehead atoms. The second-order valence-corrected chi connectivity index (χ2v) is 6.42. The van der Waals surface area contributed by atoms with Crippen molar-refractivity contribution in [1.29, 1.82) is 0 Å². The first-order valence-electron chi connectivity index (χ1n) is 9.19. The molecule has 1 amide bonds. The van der Waals surface area contributed by atoms with Gasteiger partial charge < -0.3 is 9.47 Å². The van der Waals surface area contributed by atoms with Crippen molar-refractivity contribution in [3.63, 3.8) is 0 Å². The van der Waals surface area contributed by atoms with E-state index in [1.807, 2.05) is 66.7 Å². The van der Waals surface area contributed by atoms with Gasteiger partial charge in [-0.3, -0.25) is 4.90 Å². The Morgan fingerprint density at radius 3 is 2.14 bits per heavy atom. The number of hydrogen-bond donors (Lipinski definition) is 0. The SMILES string of the molecule is O=C([C]=C(c1ccccc1)N1C(=O)OC[C@H]1c1ccccc1)Oc1ccccc1. The van der Waals surface area contributed by atoms with Crippen molar-refractivity contribution >= 4 is 17.8 Å². The molecule has 5 nitrogen and oxygen atoms in total. The summed E-state index contributed by atoms with van der Waals surface area (Å²) in [6.45, 7) is 0.189. The van der Waals surface area contributed by atoms with Crippen molar-refractivity contribution < 1.29 is 19.1 Å². The van der Waals surface area contributed by atoms with E-state index in [1.54, 1.807) is 24.3 Å². The minimum Gasteiger partial charge on any atom is -0.447 e. The molecule has 1 radical (unpaired) electrons. The van der Waals surface area contributed by atoms with Crippen LogP contribution in [0.15, 0.2) is 91.0 Å². The van der Waals surface area contributed by atoms with Crippen molar-refractivity contribution in [3.8, 4) is 5.75 Å². The molecule has 1 aliphatic heterocycles. The van der Waals surface area contributed by atoms with Crippen molar-refractivity contribution in [2.75, 3.05) is 6.61 Å². The monoisotopic (exact) mass is 384 g/mol. The van der Waals surface area contributed by atoms with Crippen LogP contribution in [0, 0.1) is 6.08 Å². The van der Waals surface area contributed by atoms with Crippen LogP contribution in [0.5, 0.6) is 5.75 Å². The number of carbonyl (C=O) groups excluding carboxylic acids is 2. The Morgan fingerprint density at radius 2 is 1.48 bits per heavy atom. The lowest BCUT2D eigenvalue weighted by atomic mass is 10.0. The summed E-state index contributed by atoms with van der Waals surface area (Å²) in [5.41, 5.74) is 1.88. The minimum atomic E-state index is -0.693. The van der Waals surface area contributed by atoms with Crippen LogP contribution in [0.2, 0.25) is 0 Å². The number of cyclic esters (lactones) is 1. The van der Waals surface area contributed by atoms with Gasteiger partial charge in [0.05, 0.1) is 11.7 Å². The first-order valence-corrected chi connectivity index (χ1v) is 9.19. The molecule has 0 saturated carbocycles. The Morgan fingerprint density at radius 1 is 0.897 bits per heavy atom. The van der Waals surface area contributed by atoms with Gasteiger partial charge in [-0.15, -0.1) is 0 Å². The molecular weight excluding hydrogens is 366 g/mol. The van der Waals surface area contributed by atoms with Gasteiger partial charge in [0.15, 0.2) is 0 Å². The molecule has 1 atom stereocenters. The van der Waals surface area contributed by atoms with Gasteiger partial charge >= 0.3 is 12.1 Å². The van der Waals surface area contributed by atoms with Gasteiger partial charge in [-0.1, -0.05) is 78.9 Å². The van der Waals surface area contributed by atoms with E-state index in [0.29, 0.717) is 17.0 Å². The predicted octanol–water partition coefficient (Wildman–Crippen LogP) is 4.63. The third kappa shape index (κ3) is 4.19. The zero-order chi connectivity index (χ0) is 20.1.